The van der Waals surface area contributed by atoms with Gasteiger partial charge in [-0.05, 0) is 38.2 Å². The van der Waals surface area contributed by atoms with Crippen LogP contribution >= 0.6 is 0 Å². The molecule has 1 amide bonds. The summed E-state index contributed by atoms with van der Waals surface area (Å²) in [6.07, 6.45) is 10.0. The third kappa shape index (κ3) is 3.20. The average Bonchev–Trinajstić information content (AvgIpc) is 3.19. The Balaban J connectivity index is 1.50. The van der Waals surface area contributed by atoms with Crippen LogP contribution in [-0.2, 0) is 16.1 Å². The number of carbonyl (C=O) groups excluding carboxylic acids is 1. The van der Waals surface area contributed by atoms with Crippen LogP contribution in [0.4, 0.5) is 0 Å². The van der Waals surface area contributed by atoms with Gasteiger partial charge in [0.1, 0.15) is 0 Å². The lowest BCUT2D eigenvalue weighted by Crippen LogP contribution is -2.38. The molecule has 20 heavy (non-hydrogen) atoms. The normalized spacial score (nSPS) is 26.3. The van der Waals surface area contributed by atoms with Gasteiger partial charge in [0.2, 0.25) is 5.91 Å². The van der Waals surface area contributed by atoms with Crippen molar-refractivity contribution >= 4 is 5.91 Å². The fourth-order valence-electron chi connectivity index (χ4n) is 3.28. The number of hydrogen-bond acceptors (Lipinski definition) is 3. The molecule has 2 atom stereocenters. The molecule has 0 N–H and O–H groups in total. The molecular weight excluding hydrogens is 254 g/mol. The van der Waals surface area contributed by atoms with Gasteiger partial charge >= 0.3 is 0 Å². The molecule has 0 radical (unpaired) electrons. The van der Waals surface area contributed by atoms with Crippen molar-refractivity contribution in [1.82, 2.24) is 14.7 Å². The minimum atomic E-state index is 0.287. The highest BCUT2D eigenvalue weighted by Gasteiger charge is 2.29. The van der Waals surface area contributed by atoms with Crippen LogP contribution in [0.3, 0.4) is 0 Å². The standard InChI is InChI=1S/C15H23N3O2/c19-15(7-6-14-5-2-11-20-14)18-10-1-4-13(18)12-17-9-3-8-16-17/h3,8-9,13-14H,1-2,4-7,10-12H2/t13-,14+/m1/s1. The molecule has 3 heterocycles. The van der Waals surface area contributed by atoms with E-state index in [1.807, 2.05) is 16.9 Å². The predicted octanol–water partition coefficient (Wildman–Crippen LogP) is 1.83. The molecule has 0 spiro atoms. The molecule has 2 fully saturated rings. The molecule has 5 nitrogen and oxygen atoms in total. The molecule has 110 valence electrons. The number of nitrogens with zero attached hydrogens (tertiary/aromatic N) is 3. The topological polar surface area (TPSA) is 47.4 Å². The summed E-state index contributed by atoms with van der Waals surface area (Å²) in [4.78, 5) is 14.4. The molecule has 0 aliphatic carbocycles. The zero-order valence-electron chi connectivity index (χ0n) is 11.9. The molecule has 1 aromatic heterocycles. The van der Waals surface area contributed by atoms with E-state index in [-0.39, 0.29) is 5.91 Å². The highest BCUT2D eigenvalue weighted by molar-refractivity contribution is 5.76. The molecule has 2 aliphatic rings. The third-order valence-corrected chi connectivity index (χ3v) is 4.36. The summed E-state index contributed by atoms with van der Waals surface area (Å²) in [7, 11) is 0. The zero-order chi connectivity index (χ0) is 13.8. The summed E-state index contributed by atoms with van der Waals surface area (Å²) in [6, 6.07) is 2.24. The Hall–Kier alpha value is -1.36. The van der Waals surface area contributed by atoms with Crippen LogP contribution in [0.15, 0.2) is 18.5 Å². The van der Waals surface area contributed by atoms with Crippen molar-refractivity contribution in [2.75, 3.05) is 13.2 Å². The summed E-state index contributed by atoms with van der Waals surface area (Å²) >= 11 is 0. The lowest BCUT2D eigenvalue weighted by atomic mass is 10.1. The van der Waals surface area contributed by atoms with E-state index in [1.165, 1.54) is 0 Å². The van der Waals surface area contributed by atoms with E-state index in [4.69, 9.17) is 4.74 Å². The fourth-order valence-corrected chi connectivity index (χ4v) is 3.28. The summed E-state index contributed by atoms with van der Waals surface area (Å²) in [5, 5.41) is 4.24. The Morgan fingerprint density at radius 3 is 3.05 bits per heavy atom. The van der Waals surface area contributed by atoms with E-state index in [1.54, 1.807) is 6.20 Å². The SMILES string of the molecule is O=C(CC[C@@H]1CCCO1)N1CCC[C@@H]1Cn1cccn1. The van der Waals surface area contributed by atoms with Crippen molar-refractivity contribution in [1.29, 1.82) is 0 Å². The minimum absolute atomic E-state index is 0.287. The van der Waals surface area contributed by atoms with Crippen molar-refractivity contribution in [2.45, 2.75) is 57.2 Å². The molecule has 3 rings (SSSR count). The first kappa shape index (κ1) is 13.6. The molecule has 5 heteroatoms. The minimum Gasteiger partial charge on any atom is -0.378 e. The lowest BCUT2D eigenvalue weighted by Gasteiger charge is -2.25. The van der Waals surface area contributed by atoms with E-state index in [0.29, 0.717) is 18.6 Å². The average molecular weight is 277 g/mol. The summed E-state index contributed by atoms with van der Waals surface area (Å²) in [5.41, 5.74) is 0. The Morgan fingerprint density at radius 1 is 1.35 bits per heavy atom. The summed E-state index contributed by atoms with van der Waals surface area (Å²) in [6.45, 7) is 2.58. The summed E-state index contributed by atoms with van der Waals surface area (Å²) < 4.78 is 7.52. The first-order chi connectivity index (χ1) is 9.83. The van der Waals surface area contributed by atoms with Gasteiger partial charge in [-0.25, -0.2) is 0 Å². The summed E-state index contributed by atoms with van der Waals surface area (Å²) in [5.74, 6) is 0.287. The first-order valence-corrected chi connectivity index (χ1v) is 7.71. The van der Waals surface area contributed by atoms with Gasteiger partial charge in [-0.1, -0.05) is 0 Å². The molecule has 0 saturated carbocycles. The smallest absolute Gasteiger partial charge is 0.222 e. The van der Waals surface area contributed by atoms with E-state index >= 15 is 0 Å². The van der Waals surface area contributed by atoms with Gasteiger partial charge < -0.3 is 9.64 Å². The Labute approximate surface area is 119 Å². The van der Waals surface area contributed by atoms with Crippen LogP contribution in [-0.4, -0.2) is 45.9 Å². The highest BCUT2D eigenvalue weighted by atomic mass is 16.5. The second-order valence-electron chi connectivity index (χ2n) is 5.78. The first-order valence-electron chi connectivity index (χ1n) is 7.71. The highest BCUT2D eigenvalue weighted by Crippen LogP contribution is 2.22. The Morgan fingerprint density at radius 2 is 2.30 bits per heavy atom. The van der Waals surface area contributed by atoms with Crippen molar-refractivity contribution in [3.05, 3.63) is 18.5 Å². The molecule has 1 aromatic rings. The van der Waals surface area contributed by atoms with E-state index in [9.17, 15) is 4.79 Å². The van der Waals surface area contributed by atoms with Crippen molar-refractivity contribution in [3.63, 3.8) is 0 Å². The van der Waals surface area contributed by atoms with Gasteiger partial charge in [-0.3, -0.25) is 9.48 Å². The Bertz CT molecular complexity index is 426. The van der Waals surface area contributed by atoms with Crippen molar-refractivity contribution in [3.8, 4) is 0 Å². The van der Waals surface area contributed by atoms with E-state index in [0.717, 1.165) is 51.8 Å². The monoisotopic (exact) mass is 277 g/mol. The molecule has 0 unspecified atom stereocenters. The van der Waals surface area contributed by atoms with Crippen LogP contribution in [0.1, 0.15) is 38.5 Å². The largest absolute Gasteiger partial charge is 0.378 e. The van der Waals surface area contributed by atoms with E-state index < -0.39 is 0 Å². The van der Waals surface area contributed by atoms with Crippen LogP contribution in [0.2, 0.25) is 0 Å². The number of ether oxygens (including phenoxy) is 1. The number of amides is 1. The predicted molar refractivity (Wildman–Crippen MR) is 75.2 cm³/mol. The maximum atomic E-state index is 12.4. The zero-order valence-corrected chi connectivity index (χ0v) is 11.9. The van der Waals surface area contributed by atoms with Crippen LogP contribution in [0, 0.1) is 0 Å². The lowest BCUT2D eigenvalue weighted by molar-refractivity contribution is -0.132. The number of rotatable bonds is 5. The maximum absolute atomic E-state index is 12.4. The quantitative estimate of drug-likeness (QED) is 0.825. The second kappa shape index (κ2) is 6.39. The van der Waals surface area contributed by atoms with E-state index in [2.05, 4.69) is 10.00 Å². The second-order valence-corrected chi connectivity index (χ2v) is 5.78. The van der Waals surface area contributed by atoms with Crippen molar-refractivity contribution in [2.24, 2.45) is 0 Å². The van der Waals surface area contributed by atoms with Crippen LogP contribution in [0.5, 0.6) is 0 Å². The van der Waals surface area contributed by atoms with Gasteiger partial charge in [-0.15, -0.1) is 0 Å². The maximum Gasteiger partial charge on any atom is 0.222 e. The number of likely N-dealkylation sites (tertiary alicyclic amines) is 1. The third-order valence-electron chi connectivity index (χ3n) is 4.36. The van der Waals surface area contributed by atoms with Crippen molar-refractivity contribution < 1.29 is 9.53 Å². The van der Waals surface area contributed by atoms with Gasteiger partial charge in [0.25, 0.3) is 0 Å². The number of carbonyl (C=O) groups is 1. The number of aromatic nitrogens is 2. The van der Waals surface area contributed by atoms with Gasteiger partial charge in [0, 0.05) is 32.0 Å². The molecule has 2 aliphatic heterocycles. The van der Waals surface area contributed by atoms with Crippen LogP contribution < -0.4 is 0 Å². The van der Waals surface area contributed by atoms with Gasteiger partial charge in [0.15, 0.2) is 0 Å². The fraction of sp³-hybridized carbons (Fsp3) is 0.733. The molecular formula is C15H23N3O2. The van der Waals surface area contributed by atoms with Gasteiger partial charge in [-0.2, -0.15) is 5.10 Å². The number of hydrogen-bond donors (Lipinski definition) is 0. The molecule has 2 saturated heterocycles. The van der Waals surface area contributed by atoms with Crippen LogP contribution in [0.25, 0.3) is 0 Å². The molecule has 0 bridgehead atoms. The Kier molecular flexibility index (Phi) is 4.35. The molecule has 0 aromatic carbocycles. The van der Waals surface area contributed by atoms with Gasteiger partial charge in [0.05, 0.1) is 18.7 Å².